The van der Waals surface area contributed by atoms with E-state index in [0.717, 1.165) is 11.3 Å². The van der Waals surface area contributed by atoms with E-state index in [1.165, 1.54) is 0 Å². The molecule has 2 aromatic rings. The Morgan fingerprint density at radius 2 is 2.00 bits per heavy atom. The van der Waals surface area contributed by atoms with Crippen LogP contribution in [0, 0.1) is 0 Å². The molecule has 0 amide bonds. The Morgan fingerprint density at radius 1 is 1.29 bits per heavy atom. The Balaban J connectivity index is 1.80. The summed E-state index contributed by atoms with van der Waals surface area (Å²) in [5.74, 6) is -0.497. The summed E-state index contributed by atoms with van der Waals surface area (Å²) in [6.07, 6.45) is -4.28. The van der Waals surface area contributed by atoms with Crippen molar-refractivity contribution in [2.75, 3.05) is 13.7 Å². The summed E-state index contributed by atoms with van der Waals surface area (Å²) in [7, 11) is 1.58. The number of aromatic amines is 1. The highest BCUT2D eigenvalue weighted by Gasteiger charge is 2.35. The molecule has 0 saturated heterocycles. The highest BCUT2D eigenvalue weighted by atomic mass is 19.4. The zero-order valence-electron chi connectivity index (χ0n) is 13.0. The van der Waals surface area contributed by atoms with Crippen molar-refractivity contribution in [3.63, 3.8) is 0 Å². The molecule has 0 radical (unpaired) electrons. The molecule has 128 valence electrons. The quantitative estimate of drug-likeness (QED) is 0.933. The monoisotopic (exact) mass is 339 g/mol. The van der Waals surface area contributed by atoms with Gasteiger partial charge in [-0.25, -0.2) is 4.98 Å². The number of H-pyrrole nitrogens is 1. The molecule has 0 bridgehead atoms. The minimum absolute atomic E-state index is 0.200. The smallest absolute Gasteiger partial charge is 0.449 e. The Labute approximate surface area is 136 Å². The summed E-state index contributed by atoms with van der Waals surface area (Å²) in [5.41, 5.74) is 0.858. The average Bonchev–Trinajstić information content (AvgIpc) is 2.54. The van der Waals surface area contributed by atoms with E-state index in [0.29, 0.717) is 25.1 Å². The first-order chi connectivity index (χ1) is 11.4. The average molecular weight is 339 g/mol. The van der Waals surface area contributed by atoms with Crippen LogP contribution in [0.2, 0.25) is 0 Å². The third kappa shape index (κ3) is 3.43. The number of hydrogen-bond acceptors (Lipinski definition) is 4. The van der Waals surface area contributed by atoms with Crippen molar-refractivity contribution in [3.05, 3.63) is 57.3 Å². The lowest BCUT2D eigenvalue weighted by Gasteiger charge is -2.27. The molecule has 0 unspecified atom stereocenters. The highest BCUT2D eigenvalue weighted by Crippen LogP contribution is 2.27. The van der Waals surface area contributed by atoms with Gasteiger partial charge in [-0.05, 0) is 24.1 Å². The minimum atomic E-state index is -4.66. The van der Waals surface area contributed by atoms with Gasteiger partial charge in [0.05, 0.1) is 12.8 Å². The zero-order chi connectivity index (χ0) is 17.3. The molecule has 2 heterocycles. The topological polar surface area (TPSA) is 58.2 Å². The number of nitrogens with zero attached hydrogens (tertiary/aromatic N) is 2. The molecule has 1 aromatic carbocycles. The van der Waals surface area contributed by atoms with E-state index in [2.05, 4.69) is 4.98 Å². The molecule has 0 aliphatic carbocycles. The second-order valence-corrected chi connectivity index (χ2v) is 5.65. The van der Waals surface area contributed by atoms with E-state index in [-0.39, 0.29) is 12.2 Å². The van der Waals surface area contributed by atoms with Crippen LogP contribution in [0.4, 0.5) is 13.2 Å². The van der Waals surface area contributed by atoms with Crippen molar-refractivity contribution in [1.82, 2.24) is 14.9 Å². The summed E-state index contributed by atoms with van der Waals surface area (Å²) in [5, 5.41) is 0. The Bertz CT molecular complexity index is 785. The molecule has 0 atom stereocenters. The maximum Gasteiger partial charge on any atom is 0.449 e. The molecular formula is C16H16F3N3O2. The summed E-state index contributed by atoms with van der Waals surface area (Å²) >= 11 is 0. The number of rotatable bonds is 3. The van der Waals surface area contributed by atoms with Crippen molar-refractivity contribution < 1.29 is 17.9 Å². The van der Waals surface area contributed by atoms with Gasteiger partial charge in [-0.1, -0.05) is 12.1 Å². The van der Waals surface area contributed by atoms with Gasteiger partial charge in [0.15, 0.2) is 0 Å². The van der Waals surface area contributed by atoms with Gasteiger partial charge in [0.1, 0.15) is 5.75 Å². The fourth-order valence-corrected chi connectivity index (χ4v) is 2.75. The SMILES string of the molecule is COc1ccc(CN2CCc3c(nc(C(F)(F)F)[nH]c3=O)C2)cc1. The molecule has 0 spiro atoms. The van der Waals surface area contributed by atoms with Crippen molar-refractivity contribution in [2.24, 2.45) is 0 Å². The predicted molar refractivity (Wildman–Crippen MR) is 80.7 cm³/mol. The number of nitrogens with one attached hydrogen (secondary N) is 1. The molecule has 24 heavy (non-hydrogen) atoms. The first-order valence-electron chi connectivity index (χ1n) is 7.41. The van der Waals surface area contributed by atoms with E-state index in [1.807, 2.05) is 34.1 Å². The maximum absolute atomic E-state index is 12.8. The Hall–Kier alpha value is -2.35. The lowest BCUT2D eigenvalue weighted by molar-refractivity contribution is -0.145. The van der Waals surface area contributed by atoms with Crippen LogP contribution in [0.5, 0.6) is 5.75 Å². The number of methoxy groups -OCH3 is 1. The number of hydrogen-bond donors (Lipinski definition) is 1. The summed E-state index contributed by atoms with van der Waals surface area (Å²) in [6, 6.07) is 7.47. The predicted octanol–water partition coefficient (Wildman–Crippen LogP) is 2.36. The molecule has 1 N–H and O–H groups in total. The number of benzene rings is 1. The largest absolute Gasteiger partial charge is 0.497 e. The Kier molecular flexibility index (Phi) is 4.31. The lowest BCUT2D eigenvalue weighted by atomic mass is 10.1. The molecule has 1 aliphatic heterocycles. The van der Waals surface area contributed by atoms with Crippen LogP contribution in [0.3, 0.4) is 0 Å². The number of aromatic nitrogens is 2. The normalized spacial score (nSPS) is 15.2. The lowest BCUT2D eigenvalue weighted by Crippen LogP contribution is -2.36. The summed E-state index contributed by atoms with van der Waals surface area (Å²) in [6.45, 7) is 1.38. The molecule has 0 saturated carbocycles. The van der Waals surface area contributed by atoms with Gasteiger partial charge >= 0.3 is 6.18 Å². The van der Waals surface area contributed by atoms with Crippen LogP contribution in [0.25, 0.3) is 0 Å². The van der Waals surface area contributed by atoms with Crippen molar-refractivity contribution in [2.45, 2.75) is 25.7 Å². The summed E-state index contributed by atoms with van der Waals surface area (Å²) < 4.78 is 43.5. The van der Waals surface area contributed by atoms with Crippen molar-refractivity contribution in [1.29, 1.82) is 0 Å². The molecule has 1 aliphatic rings. The van der Waals surface area contributed by atoms with Crippen LogP contribution in [-0.4, -0.2) is 28.5 Å². The van der Waals surface area contributed by atoms with Gasteiger partial charge in [0.2, 0.25) is 5.82 Å². The highest BCUT2D eigenvalue weighted by molar-refractivity contribution is 5.28. The van der Waals surface area contributed by atoms with E-state index in [4.69, 9.17) is 4.74 Å². The van der Waals surface area contributed by atoms with E-state index < -0.39 is 17.6 Å². The molecule has 8 heteroatoms. The first-order valence-corrected chi connectivity index (χ1v) is 7.41. The van der Waals surface area contributed by atoms with Crippen LogP contribution >= 0.6 is 0 Å². The van der Waals surface area contributed by atoms with Gasteiger partial charge < -0.3 is 9.72 Å². The number of fused-ring (bicyclic) bond motifs is 1. The van der Waals surface area contributed by atoms with Gasteiger partial charge in [0, 0.05) is 25.2 Å². The second-order valence-electron chi connectivity index (χ2n) is 5.65. The molecule has 3 rings (SSSR count). The van der Waals surface area contributed by atoms with Crippen LogP contribution < -0.4 is 10.3 Å². The van der Waals surface area contributed by atoms with E-state index >= 15 is 0 Å². The van der Waals surface area contributed by atoms with Gasteiger partial charge in [-0.15, -0.1) is 0 Å². The molecule has 1 aromatic heterocycles. The Morgan fingerprint density at radius 3 is 2.62 bits per heavy atom. The van der Waals surface area contributed by atoms with Gasteiger partial charge in [-0.3, -0.25) is 9.69 Å². The van der Waals surface area contributed by atoms with E-state index in [1.54, 1.807) is 7.11 Å². The first kappa shape index (κ1) is 16.5. The minimum Gasteiger partial charge on any atom is -0.497 e. The van der Waals surface area contributed by atoms with Gasteiger partial charge in [0.25, 0.3) is 5.56 Å². The van der Waals surface area contributed by atoms with Crippen LogP contribution in [0.15, 0.2) is 29.1 Å². The van der Waals surface area contributed by atoms with Crippen molar-refractivity contribution in [3.8, 4) is 5.75 Å². The maximum atomic E-state index is 12.8. The molecular weight excluding hydrogens is 323 g/mol. The standard InChI is InChI=1S/C16H16F3N3O2/c1-24-11-4-2-10(3-5-11)8-22-7-6-12-13(9-22)20-15(16(17,18)19)21-14(12)23/h2-5H,6-9H2,1H3,(H,20,21,23). The third-order valence-electron chi connectivity index (χ3n) is 3.99. The molecule has 5 nitrogen and oxygen atoms in total. The van der Waals surface area contributed by atoms with Gasteiger partial charge in [-0.2, -0.15) is 13.2 Å². The number of ether oxygens (including phenoxy) is 1. The number of halogens is 3. The summed E-state index contributed by atoms with van der Waals surface area (Å²) in [4.78, 5) is 19.3. The van der Waals surface area contributed by atoms with Crippen LogP contribution in [0.1, 0.15) is 22.6 Å². The fraction of sp³-hybridized carbons (Fsp3) is 0.375. The van der Waals surface area contributed by atoms with Crippen LogP contribution in [-0.2, 0) is 25.7 Å². The third-order valence-corrected chi connectivity index (χ3v) is 3.99. The zero-order valence-corrected chi connectivity index (χ0v) is 13.0. The second kappa shape index (κ2) is 6.27. The van der Waals surface area contributed by atoms with Crippen molar-refractivity contribution >= 4 is 0 Å². The molecule has 0 fully saturated rings. The van der Waals surface area contributed by atoms with E-state index in [9.17, 15) is 18.0 Å². The fourth-order valence-electron chi connectivity index (χ4n) is 2.75. The number of alkyl halides is 3.